The molecule has 0 saturated carbocycles. The SMILES string of the molecule is Cn1c(SCc2cccs2)nnc(Nc2cc(Cl)cc(Cl)c2)c1=O. The number of nitrogens with zero attached hydrogens (tertiary/aromatic N) is 3. The Bertz CT molecular complexity index is 892. The molecular formula is C15H12Cl2N4OS2. The van der Waals surface area contributed by atoms with Crippen molar-refractivity contribution in [2.75, 3.05) is 5.32 Å². The second kappa shape index (κ2) is 7.57. The Kier molecular flexibility index (Phi) is 5.45. The molecule has 0 atom stereocenters. The highest BCUT2D eigenvalue weighted by molar-refractivity contribution is 7.98. The van der Waals surface area contributed by atoms with Gasteiger partial charge in [-0.15, -0.1) is 21.5 Å². The topological polar surface area (TPSA) is 59.8 Å². The average molecular weight is 399 g/mol. The Balaban J connectivity index is 1.80. The smallest absolute Gasteiger partial charge is 0.297 e. The van der Waals surface area contributed by atoms with Crippen molar-refractivity contribution >= 4 is 57.8 Å². The van der Waals surface area contributed by atoms with Crippen LogP contribution >= 0.6 is 46.3 Å². The van der Waals surface area contributed by atoms with E-state index in [1.807, 2.05) is 17.5 Å². The number of halogens is 2. The van der Waals surface area contributed by atoms with Gasteiger partial charge in [0.1, 0.15) is 0 Å². The lowest BCUT2D eigenvalue weighted by molar-refractivity contribution is 0.667. The molecule has 1 N–H and O–H groups in total. The molecule has 3 rings (SSSR count). The fourth-order valence-corrected chi connectivity index (χ4v) is 4.15. The van der Waals surface area contributed by atoms with E-state index in [0.717, 1.165) is 5.75 Å². The highest BCUT2D eigenvalue weighted by Crippen LogP contribution is 2.25. The maximum absolute atomic E-state index is 12.4. The molecule has 0 spiro atoms. The lowest BCUT2D eigenvalue weighted by Gasteiger charge is -2.09. The number of hydrogen-bond donors (Lipinski definition) is 1. The largest absolute Gasteiger partial charge is 0.334 e. The lowest BCUT2D eigenvalue weighted by atomic mass is 10.3. The van der Waals surface area contributed by atoms with Crippen LogP contribution in [0.4, 0.5) is 11.5 Å². The van der Waals surface area contributed by atoms with E-state index in [1.165, 1.54) is 21.2 Å². The average Bonchev–Trinajstić information content (AvgIpc) is 3.03. The van der Waals surface area contributed by atoms with Crippen LogP contribution in [0.2, 0.25) is 10.0 Å². The summed E-state index contributed by atoms with van der Waals surface area (Å²) < 4.78 is 1.47. The van der Waals surface area contributed by atoms with Crippen molar-refractivity contribution in [1.29, 1.82) is 0 Å². The van der Waals surface area contributed by atoms with Crippen LogP contribution in [0, 0.1) is 0 Å². The van der Waals surface area contributed by atoms with E-state index in [4.69, 9.17) is 23.2 Å². The van der Waals surface area contributed by atoms with Crippen molar-refractivity contribution in [2.45, 2.75) is 10.9 Å². The second-order valence-electron chi connectivity index (χ2n) is 4.85. The predicted octanol–water partition coefficient (Wildman–Crippen LogP) is 4.58. The van der Waals surface area contributed by atoms with Gasteiger partial charge in [-0.25, -0.2) is 0 Å². The van der Waals surface area contributed by atoms with Crippen molar-refractivity contribution in [1.82, 2.24) is 14.8 Å². The number of thioether (sulfide) groups is 1. The number of rotatable bonds is 5. The zero-order valence-corrected chi connectivity index (χ0v) is 15.6. The van der Waals surface area contributed by atoms with Gasteiger partial charge in [-0.3, -0.25) is 9.36 Å². The number of nitrogens with one attached hydrogen (secondary N) is 1. The number of benzene rings is 1. The zero-order chi connectivity index (χ0) is 17.1. The first-order chi connectivity index (χ1) is 11.5. The fraction of sp³-hybridized carbons (Fsp3) is 0.133. The van der Waals surface area contributed by atoms with E-state index in [0.29, 0.717) is 20.9 Å². The fourth-order valence-electron chi connectivity index (χ4n) is 1.95. The first-order valence-electron chi connectivity index (χ1n) is 6.85. The summed E-state index contributed by atoms with van der Waals surface area (Å²) >= 11 is 15.0. The minimum atomic E-state index is -0.269. The van der Waals surface area contributed by atoms with Crippen molar-refractivity contribution < 1.29 is 0 Å². The summed E-state index contributed by atoms with van der Waals surface area (Å²) in [7, 11) is 1.67. The Morgan fingerprint density at radius 2 is 2.00 bits per heavy atom. The summed E-state index contributed by atoms with van der Waals surface area (Å²) in [6.07, 6.45) is 0. The molecule has 0 unspecified atom stereocenters. The summed E-state index contributed by atoms with van der Waals surface area (Å²) in [6, 6.07) is 8.97. The highest BCUT2D eigenvalue weighted by Gasteiger charge is 2.11. The van der Waals surface area contributed by atoms with E-state index in [-0.39, 0.29) is 11.4 Å². The first kappa shape index (κ1) is 17.3. The Hall–Kier alpha value is -1.54. The molecule has 3 aromatic rings. The van der Waals surface area contributed by atoms with Crippen LogP contribution in [0.25, 0.3) is 0 Å². The minimum absolute atomic E-state index is 0.122. The lowest BCUT2D eigenvalue weighted by Crippen LogP contribution is -2.24. The predicted molar refractivity (Wildman–Crippen MR) is 101 cm³/mol. The molecular weight excluding hydrogens is 387 g/mol. The first-order valence-corrected chi connectivity index (χ1v) is 9.47. The second-order valence-corrected chi connectivity index (χ2v) is 7.69. The van der Waals surface area contributed by atoms with Crippen LogP contribution < -0.4 is 10.9 Å². The molecule has 0 bridgehead atoms. The van der Waals surface area contributed by atoms with Gasteiger partial charge in [0, 0.05) is 33.4 Å². The zero-order valence-electron chi connectivity index (χ0n) is 12.5. The summed E-state index contributed by atoms with van der Waals surface area (Å²) in [6.45, 7) is 0. The Labute approximate surface area is 156 Å². The standard InChI is InChI=1S/C15H12Cl2N4OS2/c1-21-14(22)13(18-11-6-9(16)5-10(17)7-11)19-20-15(21)24-8-12-3-2-4-23-12/h2-7H,8H2,1H3,(H,18,19). The van der Waals surface area contributed by atoms with Crippen molar-refractivity contribution in [3.8, 4) is 0 Å². The molecule has 5 nitrogen and oxygen atoms in total. The number of aromatic nitrogens is 3. The molecule has 0 aliphatic rings. The van der Waals surface area contributed by atoms with Gasteiger partial charge in [0.15, 0.2) is 5.16 Å². The van der Waals surface area contributed by atoms with E-state index in [2.05, 4.69) is 15.5 Å². The Morgan fingerprint density at radius 3 is 2.67 bits per heavy atom. The van der Waals surface area contributed by atoms with Gasteiger partial charge >= 0.3 is 0 Å². The molecule has 1 aromatic carbocycles. The minimum Gasteiger partial charge on any atom is -0.334 e. The van der Waals surface area contributed by atoms with E-state index < -0.39 is 0 Å². The molecule has 24 heavy (non-hydrogen) atoms. The van der Waals surface area contributed by atoms with Gasteiger partial charge in [-0.2, -0.15) is 0 Å². The quantitative estimate of drug-likeness (QED) is 0.637. The molecule has 0 aliphatic heterocycles. The van der Waals surface area contributed by atoms with Crippen LogP contribution in [-0.2, 0) is 12.8 Å². The Morgan fingerprint density at radius 1 is 1.25 bits per heavy atom. The summed E-state index contributed by atoms with van der Waals surface area (Å²) in [5.74, 6) is 0.868. The molecule has 2 aromatic heterocycles. The molecule has 0 radical (unpaired) electrons. The third-order valence-corrected chi connectivity index (χ3v) is 5.64. The van der Waals surface area contributed by atoms with Crippen LogP contribution in [0.3, 0.4) is 0 Å². The molecule has 0 aliphatic carbocycles. The van der Waals surface area contributed by atoms with E-state index >= 15 is 0 Å². The maximum Gasteiger partial charge on any atom is 0.297 e. The molecule has 0 amide bonds. The van der Waals surface area contributed by atoms with Crippen LogP contribution in [0.1, 0.15) is 4.88 Å². The van der Waals surface area contributed by atoms with Crippen molar-refractivity contribution in [3.05, 3.63) is 61.0 Å². The molecule has 124 valence electrons. The van der Waals surface area contributed by atoms with Gasteiger partial charge in [-0.1, -0.05) is 41.0 Å². The number of thiophene rings is 1. The molecule has 2 heterocycles. The monoisotopic (exact) mass is 398 g/mol. The van der Waals surface area contributed by atoms with E-state index in [1.54, 1.807) is 36.6 Å². The van der Waals surface area contributed by atoms with Gasteiger partial charge in [-0.05, 0) is 29.6 Å². The third kappa shape index (κ3) is 4.10. The number of hydrogen-bond acceptors (Lipinski definition) is 6. The van der Waals surface area contributed by atoms with Crippen LogP contribution in [-0.4, -0.2) is 14.8 Å². The van der Waals surface area contributed by atoms with E-state index in [9.17, 15) is 4.79 Å². The molecule has 9 heteroatoms. The summed E-state index contributed by atoms with van der Waals surface area (Å²) in [4.78, 5) is 13.7. The normalized spacial score (nSPS) is 10.8. The van der Waals surface area contributed by atoms with Gasteiger partial charge < -0.3 is 5.32 Å². The maximum atomic E-state index is 12.4. The van der Waals surface area contributed by atoms with Crippen LogP contribution in [0.15, 0.2) is 45.7 Å². The summed E-state index contributed by atoms with van der Waals surface area (Å²) in [5, 5.41) is 14.6. The van der Waals surface area contributed by atoms with Gasteiger partial charge in [0.2, 0.25) is 5.82 Å². The molecule has 0 fully saturated rings. The van der Waals surface area contributed by atoms with Gasteiger partial charge in [0.05, 0.1) is 0 Å². The highest BCUT2D eigenvalue weighted by atomic mass is 35.5. The third-order valence-electron chi connectivity index (χ3n) is 3.08. The number of anilines is 2. The van der Waals surface area contributed by atoms with Crippen LogP contribution in [0.5, 0.6) is 0 Å². The van der Waals surface area contributed by atoms with Gasteiger partial charge in [0.25, 0.3) is 5.56 Å². The molecule has 0 saturated heterocycles. The summed E-state index contributed by atoms with van der Waals surface area (Å²) in [5.41, 5.74) is 0.313. The van der Waals surface area contributed by atoms with Crippen molar-refractivity contribution in [2.24, 2.45) is 7.05 Å². The van der Waals surface area contributed by atoms with Crippen molar-refractivity contribution in [3.63, 3.8) is 0 Å².